The Morgan fingerprint density at radius 3 is 1.46 bits per heavy atom. The van der Waals surface area contributed by atoms with Gasteiger partial charge in [-0.05, 0) is 57.6 Å². The van der Waals surface area contributed by atoms with E-state index in [0.717, 1.165) is 44.1 Å². The summed E-state index contributed by atoms with van der Waals surface area (Å²) in [6, 6.07) is 63.5. The molecule has 0 N–H and O–H groups in total. The maximum atomic E-state index is 16.3. The van der Waals surface area contributed by atoms with Crippen LogP contribution in [0.4, 0.5) is 17.1 Å². The molecule has 1 spiro atoms. The summed E-state index contributed by atoms with van der Waals surface area (Å²) < 4.78 is 16.3. The van der Waals surface area contributed by atoms with Crippen LogP contribution >= 0.6 is 7.14 Å². The molecule has 2 aliphatic rings. The van der Waals surface area contributed by atoms with Crippen molar-refractivity contribution in [2.75, 3.05) is 4.90 Å². The lowest BCUT2D eigenvalue weighted by Crippen LogP contribution is -2.40. The Morgan fingerprint density at radius 2 is 0.870 bits per heavy atom. The van der Waals surface area contributed by atoms with Crippen LogP contribution in [0.2, 0.25) is 0 Å². The summed E-state index contributed by atoms with van der Waals surface area (Å²) in [5.74, 6) is 0. The highest BCUT2D eigenvalue weighted by molar-refractivity contribution is 7.85. The number of para-hydroxylation sites is 3. The first kappa shape index (κ1) is 26.9. The van der Waals surface area contributed by atoms with E-state index in [1.54, 1.807) is 0 Å². The average molecular weight is 608 g/mol. The number of anilines is 3. The van der Waals surface area contributed by atoms with Crippen molar-refractivity contribution in [3.05, 3.63) is 204 Å². The van der Waals surface area contributed by atoms with Gasteiger partial charge in [-0.3, -0.25) is 0 Å². The summed E-state index contributed by atoms with van der Waals surface area (Å²) >= 11 is 0. The fourth-order valence-corrected chi connectivity index (χ4v) is 10.9. The van der Waals surface area contributed by atoms with E-state index in [1.807, 2.05) is 60.7 Å². The van der Waals surface area contributed by atoms with Crippen LogP contribution in [0.5, 0.6) is 0 Å². The molecule has 0 saturated carbocycles. The van der Waals surface area contributed by atoms with Gasteiger partial charge in [0.2, 0.25) is 0 Å². The molecule has 2 nitrogen and oxygen atoms in total. The van der Waals surface area contributed by atoms with Crippen molar-refractivity contribution in [2.24, 2.45) is 0 Å². The summed E-state index contributed by atoms with van der Waals surface area (Å²) in [6.07, 6.45) is 0. The second-order valence-electron chi connectivity index (χ2n) is 12.0. The van der Waals surface area contributed by atoms with Gasteiger partial charge in [0.15, 0.2) is 7.14 Å². The zero-order valence-corrected chi connectivity index (χ0v) is 26.0. The minimum Gasteiger partial charge on any atom is -0.310 e. The largest absolute Gasteiger partial charge is 0.310 e. The number of benzene rings is 7. The zero-order valence-electron chi connectivity index (χ0n) is 25.1. The molecule has 0 amide bonds. The van der Waals surface area contributed by atoms with Crippen molar-refractivity contribution >= 4 is 40.1 Å². The summed E-state index contributed by atoms with van der Waals surface area (Å²) in [7, 11) is -3.35. The predicted octanol–water partition coefficient (Wildman–Crippen LogP) is 9.47. The highest BCUT2D eigenvalue weighted by atomic mass is 31.2. The Hall–Kier alpha value is -5.43. The summed E-state index contributed by atoms with van der Waals surface area (Å²) in [6.45, 7) is 0. The van der Waals surface area contributed by atoms with E-state index < -0.39 is 12.6 Å². The van der Waals surface area contributed by atoms with Gasteiger partial charge in [-0.15, -0.1) is 0 Å². The molecule has 218 valence electrons. The molecule has 9 rings (SSSR count). The molecule has 0 radical (unpaired) electrons. The second-order valence-corrected chi connectivity index (χ2v) is 14.7. The second kappa shape index (κ2) is 10.3. The monoisotopic (exact) mass is 607 g/mol. The molecule has 0 saturated heterocycles. The van der Waals surface area contributed by atoms with Gasteiger partial charge >= 0.3 is 0 Å². The minimum atomic E-state index is -3.35. The number of hydrogen-bond donors (Lipinski definition) is 0. The predicted molar refractivity (Wildman–Crippen MR) is 191 cm³/mol. The Labute approximate surface area is 269 Å². The fraction of sp³-hybridized carbons (Fsp3) is 0.0233. The highest BCUT2D eigenvalue weighted by Gasteiger charge is 2.54. The first-order chi connectivity index (χ1) is 22.7. The van der Waals surface area contributed by atoms with Crippen molar-refractivity contribution in [1.82, 2.24) is 0 Å². The van der Waals surface area contributed by atoms with Gasteiger partial charge < -0.3 is 9.46 Å². The van der Waals surface area contributed by atoms with Gasteiger partial charge in [0.1, 0.15) is 0 Å². The Kier molecular flexibility index (Phi) is 6.03. The minimum absolute atomic E-state index is 0.694. The smallest absolute Gasteiger partial charge is 0.171 e. The molecule has 0 bridgehead atoms. The van der Waals surface area contributed by atoms with E-state index in [9.17, 15) is 0 Å². The number of hydrogen-bond acceptors (Lipinski definition) is 2. The zero-order chi connectivity index (χ0) is 30.7. The van der Waals surface area contributed by atoms with Crippen LogP contribution < -0.4 is 20.8 Å². The van der Waals surface area contributed by atoms with Crippen LogP contribution in [-0.4, -0.2) is 0 Å². The van der Waals surface area contributed by atoms with Gasteiger partial charge in [0, 0.05) is 21.6 Å². The lowest BCUT2D eigenvalue weighted by molar-refractivity contribution is 0.592. The molecule has 0 atom stereocenters. The first-order valence-corrected chi connectivity index (χ1v) is 17.4. The van der Waals surface area contributed by atoms with Crippen LogP contribution in [0.1, 0.15) is 22.3 Å². The van der Waals surface area contributed by atoms with Crippen molar-refractivity contribution in [3.8, 4) is 11.1 Å². The quantitative estimate of drug-likeness (QED) is 0.186. The number of fused-ring (bicyclic) bond motifs is 9. The molecule has 1 aliphatic heterocycles. The van der Waals surface area contributed by atoms with E-state index >= 15 is 4.57 Å². The maximum absolute atomic E-state index is 16.3. The van der Waals surface area contributed by atoms with Gasteiger partial charge in [0.05, 0.1) is 16.8 Å². The molecular formula is C43H30NOP. The first-order valence-electron chi connectivity index (χ1n) is 15.7. The Balaban J connectivity index is 1.47. The molecule has 0 aromatic heterocycles. The van der Waals surface area contributed by atoms with E-state index in [2.05, 4.69) is 126 Å². The Morgan fingerprint density at radius 1 is 0.413 bits per heavy atom. The van der Waals surface area contributed by atoms with Crippen molar-refractivity contribution in [1.29, 1.82) is 0 Å². The van der Waals surface area contributed by atoms with E-state index in [0.29, 0.717) is 0 Å². The molecule has 1 heterocycles. The third kappa shape index (κ3) is 3.57. The van der Waals surface area contributed by atoms with Crippen molar-refractivity contribution in [2.45, 2.75) is 5.41 Å². The molecule has 7 aromatic rings. The number of rotatable bonds is 4. The molecule has 3 heteroatoms. The maximum Gasteiger partial charge on any atom is 0.171 e. The van der Waals surface area contributed by atoms with Crippen LogP contribution in [0.3, 0.4) is 0 Å². The molecule has 1 aliphatic carbocycles. The van der Waals surface area contributed by atoms with Crippen LogP contribution in [0.25, 0.3) is 11.1 Å². The van der Waals surface area contributed by atoms with Crippen molar-refractivity contribution < 1.29 is 4.57 Å². The van der Waals surface area contributed by atoms with E-state index in [1.165, 1.54) is 22.3 Å². The standard InChI is InChI=1S/C43H30NOP/c45-46(32-19-6-2-7-20-32,33-21-8-3-9-22-33)41-30-16-24-35-34-23-10-11-25-36(34)43(42(35)41)37-26-12-14-28-39(37)44(31-17-4-1-5-18-31)40-29-15-13-27-38(40)43/h1-30H. The molecule has 46 heavy (non-hydrogen) atoms. The van der Waals surface area contributed by atoms with Gasteiger partial charge in [-0.25, -0.2) is 0 Å². The van der Waals surface area contributed by atoms with E-state index in [4.69, 9.17) is 0 Å². The van der Waals surface area contributed by atoms with Crippen LogP contribution in [-0.2, 0) is 9.98 Å². The molecule has 7 aromatic carbocycles. The van der Waals surface area contributed by atoms with Gasteiger partial charge in [-0.1, -0.05) is 158 Å². The summed E-state index contributed by atoms with van der Waals surface area (Å²) in [5, 5.41) is 2.56. The Bertz CT molecular complexity index is 2200. The van der Waals surface area contributed by atoms with Crippen molar-refractivity contribution in [3.63, 3.8) is 0 Å². The fourth-order valence-electron chi connectivity index (χ4n) is 7.96. The van der Waals surface area contributed by atoms with Gasteiger partial charge in [-0.2, -0.15) is 0 Å². The van der Waals surface area contributed by atoms with Crippen LogP contribution in [0.15, 0.2) is 182 Å². The van der Waals surface area contributed by atoms with Gasteiger partial charge in [0.25, 0.3) is 0 Å². The highest BCUT2D eigenvalue weighted by Crippen LogP contribution is 2.64. The lowest BCUT2D eigenvalue weighted by Gasteiger charge is -2.45. The third-order valence-corrected chi connectivity index (χ3v) is 12.8. The number of nitrogens with zero attached hydrogens (tertiary/aromatic N) is 1. The average Bonchev–Trinajstić information content (AvgIpc) is 3.44. The normalized spacial score (nSPS) is 13.9. The topological polar surface area (TPSA) is 20.3 Å². The third-order valence-electron chi connectivity index (χ3n) is 9.73. The lowest BCUT2D eigenvalue weighted by atomic mass is 9.64. The molecule has 0 fully saturated rings. The molecule has 0 unspecified atom stereocenters. The van der Waals surface area contributed by atoms with Crippen LogP contribution in [0, 0.1) is 0 Å². The van der Waals surface area contributed by atoms with E-state index in [-0.39, 0.29) is 0 Å². The SMILES string of the molecule is O=P(c1ccccc1)(c1ccccc1)c1cccc2c1C1(c3ccccc3-2)c2ccccc2N(c2ccccc2)c2ccccc21. The summed E-state index contributed by atoms with van der Waals surface area (Å²) in [5.41, 5.74) is 9.68. The molecular weight excluding hydrogens is 577 g/mol. The summed E-state index contributed by atoms with van der Waals surface area (Å²) in [4.78, 5) is 2.38.